The first-order valence-corrected chi connectivity index (χ1v) is 5.91. The zero-order valence-electron chi connectivity index (χ0n) is 9.26. The minimum atomic E-state index is -0.247. The normalized spacial score (nSPS) is 10.1. The summed E-state index contributed by atoms with van der Waals surface area (Å²) in [4.78, 5) is 11.4. The van der Waals surface area contributed by atoms with Gasteiger partial charge in [0, 0.05) is 4.47 Å². The van der Waals surface area contributed by atoms with Crippen molar-refractivity contribution in [3.63, 3.8) is 0 Å². The van der Waals surface area contributed by atoms with Crippen molar-refractivity contribution in [2.45, 2.75) is 6.54 Å². The van der Waals surface area contributed by atoms with Crippen LogP contribution < -0.4 is 10.1 Å². The highest BCUT2D eigenvalue weighted by Crippen LogP contribution is 2.15. The molecule has 0 saturated carbocycles. The van der Waals surface area contributed by atoms with Crippen molar-refractivity contribution in [2.75, 3.05) is 6.61 Å². The molecule has 0 atom stereocenters. The van der Waals surface area contributed by atoms with E-state index in [0.29, 0.717) is 11.6 Å². The lowest BCUT2D eigenvalue weighted by molar-refractivity contribution is -0.123. The predicted octanol–water partition coefficient (Wildman–Crippen LogP) is 0.657. The molecule has 0 radical (unpaired) electrons. The molecule has 0 spiro atoms. The molecule has 0 aliphatic heterocycles. The van der Waals surface area contributed by atoms with Crippen LogP contribution in [0.15, 0.2) is 28.7 Å². The van der Waals surface area contributed by atoms with Gasteiger partial charge in [-0.1, -0.05) is 21.1 Å². The van der Waals surface area contributed by atoms with Crippen LogP contribution in [0.2, 0.25) is 0 Å². The second-order valence-electron chi connectivity index (χ2n) is 3.35. The van der Waals surface area contributed by atoms with Crippen LogP contribution in [0.25, 0.3) is 0 Å². The smallest absolute Gasteiger partial charge is 0.258 e. The molecular formula is C10H10BrN5O2. The molecule has 2 aromatic rings. The maximum absolute atomic E-state index is 11.4. The van der Waals surface area contributed by atoms with Gasteiger partial charge in [0.25, 0.3) is 5.91 Å². The van der Waals surface area contributed by atoms with E-state index in [9.17, 15) is 4.79 Å². The molecule has 7 nitrogen and oxygen atoms in total. The lowest BCUT2D eigenvalue weighted by atomic mass is 10.3. The highest BCUT2D eigenvalue weighted by atomic mass is 79.9. The number of carbonyl (C=O) groups excluding carboxylic acids is 1. The Labute approximate surface area is 111 Å². The Morgan fingerprint density at radius 1 is 1.39 bits per heavy atom. The summed E-state index contributed by atoms with van der Waals surface area (Å²) in [5.74, 6) is 0.808. The highest BCUT2D eigenvalue weighted by Gasteiger charge is 2.04. The minimum absolute atomic E-state index is 0.0561. The number of carbonyl (C=O) groups is 1. The fourth-order valence-electron chi connectivity index (χ4n) is 1.17. The van der Waals surface area contributed by atoms with E-state index in [2.05, 4.69) is 41.9 Å². The van der Waals surface area contributed by atoms with Crippen molar-refractivity contribution in [1.82, 2.24) is 25.9 Å². The minimum Gasteiger partial charge on any atom is -0.484 e. The molecule has 18 heavy (non-hydrogen) atoms. The zero-order valence-corrected chi connectivity index (χ0v) is 10.8. The van der Waals surface area contributed by atoms with E-state index in [1.165, 1.54) is 0 Å². The van der Waals surface area contributed by atoms with Crippen molar-refractivity contribution >= 4 is 21.8 Å². The average molecular weight is 312 g/mol. The Morgan fingerprint density at radius 3 is 2.83 bits per heavy atom. The van der Waals surface area contributed by atoms with Crippen molar-refractivity contribution < 1.29 is 9.53 Å². The Morgan fingerprint density at radius 2 is 2.17 bits per heavy atom. The number of halogens is 1. The van der Waals surface area contributed by atoms with Gasteiger partial charge < -0.3 is 10.1 Å². The number of rotatable bonds is 5. The first-order valence-electron chi connectivity index (χ1n) is 5.11. The lowest BCUT2D eigenvalue weighted by Gasteiger charge is -2.06. The highest BCUT2D eigenvalue weighted by molar-refractivity contribution is 9.10. The van der Waals surface area contributed by atoms with Crippen molar-refractivity contribution in [3.8, 4) is 5.75 Å². The van der Waals surface area contributed by atoms with Crippen LogP contribution in [0.3, 0.4) is 0 Å². The van der Waals surface area contributed by atoms with E-state index in [0.717, 1.165) is 4.47 Å². The quantitative estimate of drug-likeness (QED) is 0.846. The molecule has 0 unspecified atom stereocenters. The molecule has 1 aromatic carbocycles. The van der Waals surface area contributed by atoms with E-state index in [1.54, 1.807) is 12.1 Å². The lowest BCUT2D eigenvalue weighted by Crippen LogP contribution is -2.28. The molecule has 1 aromatic heterocycles. The van der Waals surface area contributed by atoms with Gasteiger partial charge in [-0.3, -0.25) is 4.79 Å². The Balaban J connectivity index is 1.73. The first kappa shape index (κ1) is 12.5. The zero-order chi connectivity index (χ0) is 12.8. The molecule has 0 aliphatic rings. The first-order chi connectivity index (χ1) is 8.74. The molecule has 2 N–H and O–H groups in total. The predicted molar refractivity (Wildman–Crippen MR) is 65.7 cm³/mol. The number of nitrogens with zero attached hydrogens (tertiary/aromatic N) is 3. The van der Waals surface area contributed by atoms with E-state index >= 15 is 0 Å². The van der Waals surface area contributed by atoms with Crippen LogP contribution in [-0.4, -0.2) is 33.1 Å². The maximum Gasteiger partial charge on any atom is 0.258 e. The number of ether oxygens (including phenoxy) is 1. The number of H-pyrrole nitrogens is 1. The van der Waals surface area contributed by atoms with Gasteiger partial charge in [0.2, 0.25) is 0 Å². The van der Waals surface area contributed by atoms with Crippen LogP contribution in [0.1, 0.15) is 5.82 Å². The molecule has 1 amide bonds. The fourth-order valence-corrected chi connectivity index (χ4v) is 1.43. The number of aromatic nitrogens is 4. The van der Waals surface area contributed by atoms with Gasteiger partial charge in [0.15, 0.2) is 12.4 Å². The van der Waals surface area contributed by atoms with Gasteiger partial charge in [-0.15, -0.1) is 10.2 Å². The molecule has 1 heterocycles. The third kappa shape index (κ3) is 3.81. The third-order valence-corrected chi connectivity index (χ3v) is 2.55. The average Bonchev–Trinajstić information content (AvgIpc) is 2.89. The number of benzene rings is 1. The molecule has 8 heteroatoms. The van der Waals surface area contributed by atoms with E-state index in [1.807, 2.05) is 12.1 Å². The van der Waals surface area contributed by atoms with Gasteiger partial charge in [0.05, 0.1) is 6.54 Å². The summed E-state index contributed by atoms with van der Waals surface area (Å²) >= 11 is 3.31. The molecule has 0 fully saturated rings. The second kappa shape index (κ2) is 6.10. The molecule has 94 valence electrons. The van der Waals surface area contributed by atoms with Gasteiger partial charge in [-0.25, -0.2) is 0 Å². The van der Waals surface area contributed by atoms with Crippen molar-refractivity contribution in [1.29, 1.82) is 0 Å². The molecule has 0 saturated heterocycles. The summed E-state index contributed by atoms with van der Waals surface area (Å²) in [7, 11) is 0. The molecular weight excluding hydrogens is 302 g/mol. The number of aromatic amines is 1. The number of amides is 1. The Bertz CT molecular complexity index is 499. The van der Waals surface area contributed by atoms with Crippen LogP contribution in [0, 0.1) is 0 Å². The van der Waals surface area contributed by atoms with E-state index in [-0.39, 0.29) is 19.1 Å². The van der Waals surface area contributed by atoms with E-state index in [4.69, 9.17) is 4.74 Å². The fraction of sp³-hybridized carbons (Fsp3) is 0.200. The topological polar surface area (TPSA) is 92.8 Å². The number of hydrogen-bond acceptors (Lipinski definition) is 5. The number of hydrogen-bond donors (Lipinski definition) is 2. The van der Waals surface area contributed by atoms with Crippen LogP contribution >= 0.6 is 15.9 Å². The second-order valence-corrected chi connectivity index (χ2v) is 4.26. The van der Waals surface area contributed by atoms with Gasteiger partial charge in [-0.05, 0) is 24.3 Å². The Kier molecular flexibility index (Phi) is 4.24. The maximum atomic E-state index is 11.4. The summed E-state index contributed by atoms with van der Waals surface area (Å²) in [6, 6.07) is 7.23. The van der Waals surface area contributed by atoms with Crippen LogP contribution in [0.4, 0.5) is 0 Å². The summed E-state index contributed by atoms with van der Waals surface area (Å²) in [5.41, 5.74) is 0. The summed E-state index contributed by atoms with van der Waals surface area (Å²) in [6.07, 6.45) is 0. The Hall–Kier alpha value is -1.96. The number of nitrogens with one attached hydrogen (secondary N) is 2. The standard InChI is InChI=1S/C10H10BrN5O2/c11-7-1-3-8(4-2-7)18-6-10(17)12-5-9-13-15-16-14-9/h1-4H,5-6H2,(H,12,17)(H,13,14,15,16). The van der Waals surface area contributed by atoms with Gasteiger partial charge in [-0.2, -0.15) is 5.21 Å². The van der Waals surface area contributed by atoms with Crippen molar-refractivity contribution in [3.05, 3.63) is 34.6 Å². The summed E-state index contributed by atoms with van der Waals surface area (Å²) in [5, 5.41) is 15.7. The van der Waals surface area contributed by atoms with Gasteiger partial charge >= 0.3 is 0 Å². The summed E-state index contributed by atoms with van der Waals surface area (Å²) < 4.78 is 6.25. The van der Waals surface area contributed by atoms with Crippen LogP contribution in [0.5, 0.6) is 5.75 Å². The molecule has 0 bridgehead atoms. The molecule has 2 rings (SSSR count). The molecule has 0 aliphatic carbocycles. The number of tetrazole rings is 1. The SMILES string of the molecule is O=C(COc1ccc(Br)cc1)NCc1nn[nH]n1. The van der Waals surface area contributed by atoms with E-state index < -0.39 is 0 Å². The summed E-state index contributed by atoms with van der Waals surface area (Å²) in [6.45, 7) is 0.165. The largest absolute Gasteiger partial charge is 0.484 e. The van der Waals surface area contributed by atoms with Gasteiger partial charge in [0.1, 0.15) is 5.75 Å². The van der Waals surface area contributed by atoms with Crippen LogP contribution in [-0.2, 0) is 11.3 Å². The monoisotopic (exact) mass is 311 g/mol. The van der Waals surface area contributed by atoms with Crippen molar-refractivity contribution in [2.24, 2.45) is 0 Å². The third-order valence-electron chi connectivity index (χ3n) is 2.02.